The summed E-state index contributed by atoms with van der Waals surface area (Å²) in [4.78, 5) is 6.88. The van der Waals surface area contributed by atoms with E-state index in [1.54, 1.807) is 0 Å². The minimum atomic E-state index is 0.361. The molecule has 1 atom stereocenters. The van der Waals surface area contributed by atoms with Gasteiger partial charge in [0.2, 0.25) is 0 Å². The quantitative estimate of drug-likeness (QED) is 0.867. The van der Waals surface area contributed by atoms with Gasteiger partial charge in [0, 0.05) is 6.54 Å². The molecule has 3 heteroatoms. The van der Waals surface area contributed by atoms with Gasteiger partial charge in [-0.25, -0.2) is 4.99 Å². The standard InChI is InChI=1S/C18H19N3/c1-12-6-7-14-11-21(18(19)20-16(14)10-12)17-9-8-13-4-2-3-5-15(13)17/h2-7,10,17H,8-9,11H2,1H3,(H2,19,20). The molecule has 0 saturated carbocycles. The van der Waals surface area contributed by atoms with Crippen LogP contribution in [0.1, 0.15) is 34.7 Å². The first-order valence-electron chi connectivity index (χ1n) is 7.50. The number of aryl methyl sites for hydroxylation is 2. The van der Waals surface area contributed by atoms with Crippen molar-refractivity contribution >= 4 is 11.6 Å². The molecule has 2 aromatic rings. The summed E-state index contributed by atoms with van der Waals surface area (Å²) in [6.07, 6.45) is 2.25. The third-order valence-electron chi connectivity index (χ3n) is 4.59. The van der Waals surface area contributed by atoms with Crippen LogP contribution in [0, 0.1) is 6.92 Å². The molecule has 0 amide bonds. The molecule has 0 saturated heterocycles. The van der Waals surface area contributed by atoms with Crippen LogP contribution in [0.25, 0.3) is 0 Å². The van der Waals surface area contributed by atoms with E-state index < -0.39 is 0 Å². The highest BCUT2D eigenvalue weighted by Gasteiger charge is 2.31. The minimum Gasteiger partial charge on any atom is -0.369 e. The van der Waals surface area contributed by atoms with Crippen molar-refractivity contribution in [2.24, 2.45) is 10.7 Å². The van der Waals surface area contributed by atoms with E-state index in [-0.39, 0.29) is 0 Å². The van der Waals surface area contributed by atoms with E-state index >= 15 is 0 Å². The topological polar surface area (TPSA) is 41.6 Å². The van der Waals surface area contributed by atoms with Crippen LogP contribution in [0.4, 0.5) is 5.69 Å². The molecule has 1 unspecified atom stereocenters. The molecular formula is C18H19N3. The van der Waals surface area contributed by atoms with E-state index in [0.29, 0.717) is 12.0 Å². The van der Waals surface area contributed by atoms with Crippen molar-refractivity contribution in [1.82, 2.24) is 4.90 Å². The van der Waals surface area contributed by atoms with Crippen molar-refractivity contribution in [1.29, 1.82) is 0 Å². The number of aliphatic imine (C=N–C) groups is 1. The lowest BCUT2D eigenvalue weighted by molar-refractivity contribution is 0.300. The summed E-state index contributed by atoms with van der Waals surface area (Å²) in [6, 6.07) is 15.5. The van der Waals surface area contributed by atoms with Crippen molar-refractivity contribution in [3.8, 4) is 0 Å². The van der Waals surface area contributed by atoms with Crippen LogP contribution in [0.2, 0.25) is 0 Å². The van der Waals surface area contributed by atoms with Gasteiger partial charge in [0.25, 0.3) is 0 Å². The minimum absolute atomic E-state index is 0.361. The summed E-state index contributed by atoms with van der Waals surface area (Å²) in [6.45, 7) is 2.94. The van der Waals surface area contributed by atoms with Gasteiger partial charge in [0.15, 0.2) is 5.96 Å². The molecule has 0 radical (unpaired) electrons. The van der Waals surface area contributed by atoms with Gasteiger partial charge in [-0.05, 0) is 48.1 Å². The van der Waals surface area contributed by atoms with E-state index in [2.05, 4.69) is 59.3 Å². The third kappa shape index (κ3) is 2.00. The van der Waals surface area contributed by atoms with E-state index in [1.165, 1.54) is 22.3 Å². The maximum absolute atomic E-state index is 6.26. The molecule has 1 aliphatic heterocycles. The van der Waals surface area contributed by atoms with Gasteiger partial charge in [-0.2, -0.15) is 0 Å². The predicted octanol–water partition coefficient (Wildman–Crippen LogP) is 3.44. The largest absolute Gasteiger partial charge is 0.369 e. The molecule has 2 aliphatic rings. The fourth-order valence-electron chi connectivity index (χ4n) is 3.49. The molecule has 0 aromatic heterocycles. The van der Waals surface area contributed by atoms with Crippen LogP contribution in [0.3, 0.4) is 0 Å². The Kier molecular flexibility index (Phi) is 2.74. The summed E-state index contributed by atoms with van der Waals surface area (Å²) in [5, 5.41) is 0. The molecule has 3 nitrogen and oxygen atoms in total. The first-order chi connectivity index (χ1) is 10.2. The zero-order chi connectivity index (χ0) is 14.4. The second kappa shape index (κ2) is 4.62. The molecule has 1 heterocycles. The third-order valence-corrected chi connectivity index (χ3v) is 4.59. The Hall–Kier alpha value is -2.29. The second-order valence-electron chi connectivity index (χ2n) is 5.98. The lowest BCUT2D eigenvalue weighted by Crippen LogP contribution is -2.40. The molecule has 21 heavy (non-hydrogen) atoms. The molecule has 0 spiro atoms. The zero-order valence-corrected chi connectivity index (χ0v) is 12.2. The maximum atomic E-state index is 6.26. The van der Waals surface area contributed by atoms with Crippen LogP contribution in [-0.4, -0.2) is 10.9 Å². The monoisotopic (exact) mass is 277 g/mol. The van der Waals surface area contributed by atoms with Crippen molar-refractivity contribution in [3.63, 3.8) is 0 Å². The Morgan fingerprint density at radius 1 is 1.14 bits per heavy atom. The fourth-order valence-corrected chi connectivity index (χ4v) is 3.49. The molecule has 0 fully saturated rings. The maximum Gasteiger partial charge on any atom is 0.197 e. The summed E-state index contributed by atoms with van der Waals surface area (Å²) >= 11 is 0. The van der Waals surface area contributed by atoms with Crippen LogP contribution in [0.15, 0.2) is 47.5 Å². The summed E-state index contributed by atoms with van der Waals surface area (Å²) in [5.41, 5.74) is 12.6. The molecule has 0 bridgehead atoms. The van der Waals surface area contributed by atoms with Gasteiger partial charge in [0.05, 0.1) is 11.7 Å². The first kappa shape index (κ1) is 12.5. The zero-order valence-electron chi connectivity index (χ0n) is 12.2. The molecule has 4 rings (SSSR count). The van der Waals surface area contributed by atoms with Crippen molar-refractivity contribution in [2.45, 2.75) is 32.4 Å². The van der Waals surface area contributed by atoms with E-state index in [0.717, 1.165) is 25.1 Å². The summed E-state index contributed by atoms with van der Waals surface area (Å²) in [5.74, 6) is 0.648. The normalized spacial score (nSPS) is 20.0. The number of nitrogens with zero attached hydrogens (tertiary/aromatic N) is 2. The van der Waals surface area contributed by atoms with Crippen LogP contribution < -0.4 is 5.73 Å². The fraction of sp³-hybridized carbons (Fsp3) is 0.278. The van der Waals surface area contributed by atoms with Crippen LogP contribution >= 0.6 is 0 Å². The Labute approximate surface area is 125 Å². The van der Waals surface area contributed by atoms with Crippen molar-refractivity contribution in [3.05, 3.63) is 64.7 Å². The van der Waals surface area contributed by atoms with Crippen LogP contribution in [0.5, 0.6) is 0 Å². The van der Waals surface area contributed by atoms with Crippen molar-refractivity contribution < 1.29 is 0 Å². The molecule has 2 aromatic carbocycles. The number of hydrogen-bond acceptors (Lipinski definition) is 3. The highest BCUT2D eigenvalue weighted by molar-refractivity contribution is 5.84. The lowest BCUT2D eigenvalue weighted by Gasteiger charge is -2.34. The highest BCUT2D eigenvalue weighted by atomic mass is 15.3. The Bertz CT molecular complexity index is 733. The van der Waals surface area contributed by atoms with E-state index in [1.807, 2.05) is 0 Å². The number of guanidine groups is 1. The lowest BCUT2D eigenvalue weighted by atomic mass is 10.0. The Morgan fingerprint density at radius 2 is 2.00 bits per heavy atom. The smallest absolute Gasteiger partial charge is 0.197 e. The number of nitrogens with two attached hydrogens (primary N) is 1. The molecule has 1 aliphatic carbocycles. The summed E-state index contributed by atoms with van der Waals surface area (Å²) in [7, 11) is 0. The SMILES string of the molecule is Cc1ccc2c(c1)N=C(N)N(C1CCc3ccccc31)C2. The first-order valence-corrected chi connectivity index (χ1v) is 7.50. The van der Waals surface area contributed by atoms with Crippen molar-refractivity contribution in [2.75, 3.05) is 0 Å². The summed E-state index contributed by atoms with van der Waals surface area (Å²) < 4.78 is 0. The molecule has 2 N–H and O–H groups in total. The van der Waals surface area contributed by atoms with Gasteiger partial charge in [-0.1, -0.05) is 36.4 Å². The van der Waals surface area contributed by atoms with Gasteiger partial charge in [0.1, 0.15) is 0 Å². The average Bonchev–Trinajstić information content (AvgIpc) is 2.90. The van der Waals surface area contributed by atoms with Gasteiger partial charge in [-0.15, -0.1) is 0 Å². The van der Waals surface area contributed by atoms with E-state index in [9.17, 15) is 0 Å². The predicted molar refractivity (Wildman–Crippen MR) is 85.5 cm³/mol. The Balaban J connectivity index is 1.71. The van der Waals surface area contributed by atoms with Gasteiger partial charge in [-0.3, -0.25) is 0 Å². The van der Waals surface area contributed by atoms with Gasteiger partial charge >= 0.3 is 0 Å². The van der Waals surface area contributed by atoms with Gasteiger partial charge < -0.3 is 10.6 Å². The number of fused-ring (bicyclic) bond motifs is 2. The second-order valence-corrected chi connectivity index (χ2v) is 5.98. The number of benzene rings is 2. The Morgan fingerprint density at radius 3 is 2.90 bits per heavy atom. The molecular weight excluding hydrogens is 258 g/mol. The number of rotatable bonds is 1. The average molecular weight is 277 g/mol. The highest BCUT2D eigenvalue weighted by Crippen LogP contribution is 2.39. The number of hydrogen-bond donors (Lipinski definition) is 1. The van der Waals surface area contributed by atoms with Crippen LogP contribution in [-0.2, 0) is 13.0 Å². The molecule has 106 valence electrons. The van der Waals surface area contributed by atoms with E-state index in [4.69, 9.17) is 5.73 Å².